The molecule has 2 fully saturated rings. The second-order valence-electron chi connectivity index (χ2n) is 8.43. The first-order valence-electron chi connectivity index (χ1n) is 11.4. The van der Waals surface area contributed by atoms with E-state index in [-0.39, 0.29) is 34.8 Å². The largest absolute Gasteiger partial charge is 0.497 e. The average molecular weight is 482 g/mol. The molecule has 34 heavy (non-hydrogen) atoms. The van der Waals surface area contributed by atoms with E-state index in [2.05, 4.69) is 0 Å². The van der Waals surface area contributed by atoms with Gasteiger partial charge in [0.2, 0.25) is 11.8 Å². The van der Waals surface area contributed by atoms with Gasteiger partial charge < -0.3 is 9.47 Å². The third-order valence-corrected chi connectivity index (χ3v) is 7.65. The molecule has 0 bridgehead atoms. The third kappa shape index (κ3) is 5.50. The van der Waals surface area contributed by atoms with Gasteiger partial charge in [0.25, 0.3) is 0 Å². The zero-order valence-corrected chi connectivity index (χ0v) is 19.8. The molecule has 4 rings (SSSR count). The second-order valence-corrected chi connectivity index (χ2v) is 9.94. The highest BCUT2D eigenvalue weighted by atomic mass is 32.2. The Hall–Kier alpha value is -3.13. The highest BCUT2D eigenvalue weighted by molar-refractivity contribution is 8.01. The number of anilines is 1. The zero-order valence-electron chi connectivity index (χ0n) is 19.0. The Morgan fingerprint density at radius 3 is 2.44 bits per heavy atom. The Kier molecular flexibility index (Phi) is 7.67. The van der Waals surface area contributed by atoms with Crippen LogP contribution in [0.25, 0.3) is 0 Å². The predicted octanol–water partition coefficient (Wildman–Crippen LogP) is 4.43. The third-order valence-electron chi connectivity index (χ3n) is 6.10. The van der Waals surface area contributed by atoms with Crippen LogP contribution in [-0.2, 0) is 14.3 Å². The van der Waals surface area contributed by atoms with E-state index >= 15 is 0 Å². The van der Waals surface area contributed by atoms with Crippen LogP contribution in [0.15, 0.2) is 48.5 Å². The molecule has 2 aromatic carbocycles. The Morgan fingerprint density at radius 2 is 1.74 bits per heavy atom. The SMILES string of the molecule is COc1cccc(C(=O)COC(=O)c2ccc(N3C(=O)CC(SC4CCCCC4)C3=O)cc2)c1. The fourth-order valence-electron chi connectivity index (χ4n) is 4.26. The Labute approximate surface area is 202 Å². The molecular formula is C26H27NO6S. The summed E-state index contributed by atoms with van der Waals surface area (Å²) in [5.74, 6) is -0.887. The predicted molar refractivity (Wildman–Crippen MR) is 129 cm³/mol. The van der Waals surface area contributed by atoms with Crippen LogP contribution in [-0.4, -0.2) is 47.8 Å². The Balaban J connectivity index is 1.34. The van der Waals surface area contributed by atoms with Crippen LogP contribution in [0.5, 0.6) is 5.75 Å². The molecule has 2 aliphatic rings. The van der Waals surface area contributed by atoms with Crippen molar-refractivity contribution in [1.82, 2.24) is 0 Å². The van der Waals surface area contributed by atoms with E-state index in [9.17, 15) is 19.2 Å². The number of hydrogen-bond acceptors (Lipinski definition) is 7. The number of esters is 1. The molecule has 1 aliphatic carbocycles. The van der Waals surface area contributed by atoms with Crippen molar-refractivity contribution in [2.24, 2.45) is 0 Å². The van der Waals surface area contributed by atoms with Crippen molar-refractivity contribution in [2.45, 2.75) is 49.0 Å². The summed E-state index contributed by atoms with van der Waals surface area (Å²) in [5, 5.41) is 0.0927. The first-order chi connectivity index (χ1) is 16.5. The van der Waals surface area contributed by atoms with Gasteiger partial charge in [-0.25, -0.2) is 9.69 Å². The molecule has 2 aromatic rings. The number of ketones is 1. The van der Waals surface area contributed by atoms with Crippen molar-refractivity contribution in [3.8, 4) is 5.75 Å². The van der Waals surface area contributed by atoms with E-state index in [0.717, 1.165) is 12.8 Å². The number of Topliss-reactive ketones (excluding diaryl/α,β-unsaturated/α-hetero) is 1. The summed E-state index contributed by atoms with van der Waals surface area (Å²) in [7, 11) is 1.51. The van der Waals surface area contributed by atoms with Crippen LogP contribution in [0.1, 0.15) is 59.2 Å². The van der Waals surface area contributed by atoms with E-state index in [1.54, 1.807) is 48.2 Å². The second kappa shape index (κ2) is 10.9. The van der Waals surface area contributed by atoms with Crippen molar-refractivity contribution in [1.29, 1.82) is 0 Å². The van der Waals surface area contributed by atoms with E-state index in [1.165, 1.54) is 43.4 Å². The molecule has 0 radical (unpaired) electrons. The zero-order chi connectivity index (χ0) is 24.1. The number of carbonyl (C=O) groups excluding carboxylic acids is 4. The van der Waals surface area contributed by atoms with Crippen LogP contribution in [0.3, 0.4) is 0 Å². The number of rotatable bonds is 8. The molecule has 1 saturated heterocycles. The van der Waals surface area contributed by atoms with Gasteiger partial charge in [-0.2, -0.15) is 0 Å². The molecule has 8 heteroatoms. The number of methoxy groups -OCH3 is 1. The van der Waals surface area contributed by atoms with Gasteiger partial charge >= 0.3 is 5.97 Å². The van der Waals surface area contributed by atoms with Gasteiger partial charge in [0.15, 0.2) is 12.4 Å². The number of ether oxygens (including phenoxy) is 2. The van der Waals surface area contributed by atoms with Gasteiger partial charge in [0, 0.05) is 17.2 Å². The van der Waals surface area contributed by atoms with E-state index in [4.69, 9.17) is 9.47 Å². The highest BCUT2D eigenvalue weighted by Gasteiger charge is 2.41. The Bertz CT molecular complexity index is 1080. The lowest BCUT2D eigenvalue weighted by Gasteiger charge is -2.23. The summed E-state index contributed by atoms with van der Waals surface area (Å²) in [6, 6.07) is 12.7. The molecule has 1 heterocycles. The fourth-order valence-corrected chi connectivity index (χ4v) is 5.79. The smallest absolute Gasteiger partial charge is 0.338 e. The number of amides is 2. The number of carbonyl (C=O) groups is 4. The molecule has 0 aromatic heterocycles. The maximum absolute atomic E-state index is 12.9. The number of imide groups is 1. The summed E-state index contributed by atoms with van der Waals surface area (Å²) in [4.78, 5) is 51.4. The molecule has 1 aliphatic heterocycles. The van der Waals surface area contributed by atoms with Crippen LogP contribution in [0, 0.1) is 0 Å². The van der Waals surface area contributed by atoms with Crippen molar-refractivity contribution in [3.63, 3.8) is 0 Å². The van der Waals surface area contributed by atoms with Crippen molar-refractivity contribution in [2.75, 3.05) is 18.6 Å². The number of benzene rings is 2. The average Bonchev–Trinajstić information content (AvgIpc) is 3.15. The minimum absolute atomic E-state index is 0.195. The first kappa shape index (κ1) is 24.0. The minimum Gasteiger partial charge on any atom is -0.497 e. The lowest BCUT2D eigenvalue weighted by Crippen LogP contribution is -2.31. The summed E-state index contributed by atoms with van der Waals surface area (Å²) in [6.07, 6.45) is 6.00. The van der Waals surface area contributed by atoms with E-state index < -0.39 is 12.6 Å². The van der Waals surface area contributed by atoms with Gasteiger partial charge in [-0.3, -0.25) is 14.4 Å². The molecule has 0 N–H and O–H groups in total. The van der Waals surface area contributed by atoms with Crippen molar-refractivity contribution >= 4 is 41.0 Å². The molecule has 1 unspecified atom stereocenters. The maximum atomic E-state index is 12.9. The van der Waals surface area contributed by atoms with Crippen molar-refractivity contribution in [3.05, 3.63) is 59.7 Å². The number of nitrogens with zero attached hydrogens (tertiary/aromatic N) is 1. The molecule has 7 nitrogen and oxygen atoms in total. The highest BCUT2D eigenvalue weighted by Crippen LogP contribution is 2.37. The molecule has 1 saturated carbocycles. The van der Waals surface area contributed by atoms with Gasteiger partial charge in [-0.1, -0.05) is 31.4 Å². The topological polar surface area (TPSA) is 90.0 Å². The summed E-state index contributed by atoms with van der Waals surface area (Å²) >= 11 is 1.63. The Morgan fingerprint density at radius 1 is 1.00 bits per heavy atom. The van der Waals surface area contributed by atoms with Gasteiger partial charge in [-0.15, -0.1) is 11.8 Å². The van der Waals surface area contributed by atoms with E-state index in [0.29, 0.717) is 22.3 Å². The summed E-state index contributed by atoms with van der Waals surface area (Å²) in [6.45, 7) is -0.406. The van der Waals surface area contributed by atoms with Crippen LogP contribution < -0.4 is 9.64 Å². The first-order valence-corrected chi connectivity index (χ1v) is 12.4. The van der Waals surface area contributed by atoms with Crippen LogP contribution in [0.2, 0.25) is 0 Å². The standard InChI is InChI=1S/C26H27NO6S/c1-32-20-7-5-6-18(14-20)22(28)16-33-26(31)17-10-12-19(13-11-17)27-24(29)15-23(25(27)30)34-21-8-3-2-4-9-21/h5-7,10-14,21,23H,2-4,8-9,15-16H2,1H3. The maximum Gasteiger partial charge on any atom is 0.338 e. The normalized spacial score (nSPS) is 18.7. The quantitative estimate of drug-likeness (QED) is 0.313. The van der Waals surface area contributed by atoms with Crippen molar-refractivity contribution < 1.29 is 28.7 Å². The number of thioether (sulfide) groups is 1. The number of hydrogen-bond donors (Lipinski definition) is 0. The van der Waals surface area contributed by atoms with Gasteiger partial charge in [-0.05, 0) is 49.2 Å². The van der Waals surface area contributed by atoms with Gasteiger partial charge in [0.1, 0.15) is 5.75 Å². The molecule has 1 atom stereocenters. The van der Waals surface area contributed by atoms with E-state index in [1.807, 2.05) is 0 Å². The van der Waals surface area contributed by atoms with Crippen LogP contribution in [0.4, 0.5) is 5.69 Å². The molecule has 2 amide bonds. The van der Waals surface area contributed by atoms with Crippen LogP contribution >= 0.6 is 11.8 Å². The lowest BCUT2D eigenvalue weighted by molar-refractivity contribution is -0.121. The minimum atomic E-state index is -0.660. The monoisotopic (exact) mass is 481 g/mol. The lowest BCUT2D eigenvalue weighted by atomic mass is 10.0. The molecule has 0 spiro atoms. The fraction of sp³-hybridized carbons (Fsp3) is 0.385. The van der Waals surface area contributed by atoms with Gasteiger partial charge in [0.05, 0.1) is 23.6 Å². The molecular weight excluding hydrogens is 454 g/mol. The molecule has 178 valence electrons. The summed E-state index contributed by atoms with van der Waals surface area (Å²) < 4.78 is 10.2. The summed E-state index contributed by atoms with van der Waals surface area (Å²) in [5.41, 5.74) is 1.05.